The molecule has 28 heavy (non-hydrogen) atoms. The van der Waals surface area contributed by atoms with Gasteiger partial charge in [-0.05, 0) is 37.0 Å². The third kappa shape index (κ3) is 7.81. The maximum Gasteiger partial charge on any atom is 0.139 e. The zero-order valence-electron chi connectivity index (χ0n) is 19.9. The van der Waals surface area contributed by atoms with E-state index in [-0.39, 0.29) is 10.8 Å². The number of fused-ring (bicyclic) bond motifs is 2. The van der Waals surface area contributed by atoms with Gasteiger partial charge in [-0.3, -0.25) is 4.79 Å². The average molecular weight is 395 g/mol. The molecular weight excluding hydrogens is 344 g/mol. The van der Waals surface area contributed by atoms with E-state index in [1.165, 1.54) is 83.5 Å². The molecule has 0 radical (unpaired) electrons. The van der Waals surface area contributed by atoms with Crippen LogP contribution in [0.2, 0.25) is 0 Å². The summed E-state index contributed by atoms with van der Waals surface area (Å²) in [6.45, 7) is 13.2. The standard InChI is InChI=1S/C16H34O.C10H16O/c1-3-5-7-9-11-13-15-17-16-14-12-10-8-6-4-2;1-9(2)7-4-5-10(9,3)8(11)6-7/h3-16H2,1-2H3;7H,4-6H2,1-3H3. The van der Waals surface area contributed by atoms with Gasteiger partial charge in [0, 0.05) is 25.0 Å². The highest BCUT2D eigenvalue weighted by Gasteiger charge is 2.61. The van der Waals surface area contributed by atoms with Crippen LogP contribution in [-0.2, 0) is 9.53 Å². The molecule has 2 rings (SSSR count). The van der Waals surface area contributed by atoms with Gasteiger partial charge in [-0.2, -0.15) is 0 Å². The predicted molar refractivity (Wildman–Crippen MR) is 122 cm³/mol. The summed E-state index contributed by atoms with van der Waals surface area (Å²) in [5.74, 6) is 1.19. The van der Waals surface area contributed by atoms with Gasteiger partial charge in [-0.25, -0.2) is 0 Å². The van der Waals surface area contributed by atoms with E-state index in [9.17, 15) is 4.79 Å². The molecular formula is C26H50O2. The van der Waals surface area contributed by atoms with Gasteiger partial charge in [0.1, 0.15) is 5.78 Å². The van der Waals surface area contributed by atoms with E-state index in [4.69, 9.17) is 4.74 Å². The molecule has 2 fully saturated rings. The number of unbranched alkanes of at least 4 members (excludes halogenated alkanes) is 10. The minimum absolute atomic E-state index is 0.0255. The molecule has 2 aliphatic carbocycles. The maximum absolute atomic E-state index is 11.6. The number of Topliss-reactive ketones (excluding diaryl/α,β-unsaturated/α-hetero) is 1. The van der Waals surface area contributed by atoms with Gasteiger partial charge < -0.3 is 4.74 Å². The Morgan fingerprint density at radius 1 is 0.786 bits per heavy atom. The van der Waals surface area contributed by atoms with Crippen LogP contribution in [0.15, 0.2) is 0 Å². The smallest absolute Gasteiger partial charge is 0.139 e. The predicted octanol–water partition coefficient (Wildman–Crippen LogP) is 8.13. The first-order chi connectivity index (χ1) is 13.4. The van der Waals surface area contributed by atoms with Crippen LogP contribution < -0.4 is 0 Å². The molecule has 0 aromatic carbocycles. The Hall–Kier alpha value is -0.370. The molecule has 2 aliphatic rings. The summed E-state index contributed by atoms with van der Waals surface area (Å²) in [4.78, 5) is 11.6. The van der Waals surface area contributed by atoms with Crippen LogP contribution in [0, 0.1) is 16.7 Å². The molecule has 2 bridgehead atoms. The number of carbonyl (C=O) groups is 1. The van der Waals surface area contributed by atoms with Crippen LogP contribution in [0.3, 0.4) is 0 Å². The van der Waals surface area contributed by atoms with Crippen LogP contribution in [0.5, 0.6) is 0 Å². The maximum atomic E-state index is 11.6. The lowest BCUT2D eigenvalue weighted by atomic mass is 9.70. The van der Waals surface area contributed by atoms with Crippen molar-refractivity contribution < 1.29 is 9.53 Å². The molecule has 0 aliphatic heterocycles. The normalized spacial score (nSPS) is 25.0. The second-order valence-corrected chi connectivity index (χ2v) is 10.1. The molecule has 0 aromatic heterocycles. The molecule has 0 spiro atoms. The molecule has 2 heteroatoms. The summed E-state index contributed by atoms with van der Waals surface area (Å²) in [6, 6.07) is 0. The van der Waals surface area contributed by atoms with Crippen LogP contribution in [0.4, 0.5) is 0 Å². The highest BCUT2D eigenvalue weighted by molar-refractivity contribution is 5.89. The van der Waals surface area contributed by atoms with E-state index in [0.29, 0.717) is 11.7 Å². The molecule has 0 aromatic rings. The molecule has 0 N–H and O–H groups in total. The Morgan fingerprint density at radius 3 is 1.57 bits per heavy atom. The number of hydrogen-bond acceptors (Lipinski definition) is 2. The van der Waals surface area contributed by atoms with Crippen molar-refractivity contribution in [2.45, 2.75) is 131 Å². The lowest BCUT2D eigenvalue weighted by Crippen LogP contribution is -2.32. The SMILES string of the molecule is CC12CCC(CC1=O)C2(C)C.CCCCCCCCOCCCCCCCC. The van der Waals surface area contributed by atoms with Gasteiger partial charge in [0.15, 0.2) is 0 Å². The van der Waals surface area contributed by atoms with Gasteiger partial charge in [0.2, 0.25) is 0 Å². The minimum atomic E-state index is 0.0255. The van der Waals surface area contributed by atoms with Crippen molar-refractivity contribution in [3.63, 3.8) is 0 Å². The molecule has 0 heterocycles. The molecule has 166 valence electrons. The summed E-state index contributed by atoms with van der Waals surface area (Å²) in [5.41, 5.74) is 0.307. The van der Waals surface area contributed by atoms with Crippen molar-refractivity contribution >= 4 is 5.78 Å². The van der Waals surface area contributed by atoms with E-state index < -0.39 is 0 Å². The van der Waals surface area contributed by atoms with E-state index in [1.807, 2.05) is 0 Å². The second kappa shape index (κ2) is 13.8. The average Bonchev–Trinajstić information content (AvgIpc) is 2.99. The van der Waals surface area contributed by atoms with Gasteiger partial charge in [0.25, 0.3) is 0 Å². The van der Waals surface area contributed by atoms with E-state index in [0.717, 1.165) is 26.1 Å². The zero-order valence-corrected chi connectivity index (χ0v) is 19.9. The molecule has 2 atom stereocenters. The third-order valence-electron chi connectivity index (χ3n) is 7.77. The van der Waals surface area contributed by atoms with Gasteiger partial charge in [-0.15, -0.1) is 0 Å². The fourth-order valence-corrected chi connectivity index (χ4v) is 4.97. The summed E-state index contributed by atoms with van der Waals surface area (Å²) in [6.07, 6.45) is 19.6. The van der Waals surface area contributed by atoms with Crippen molar-refractivity contribution in [2.24, 2.45) is 16.7 Å². The molecule has 2 nitrogen and oxygen atoms in total. The largest absolute Gasteiger partial charge is 0.381 e. The number of ether oxygens (including phenoxy) is 1. The van der Waals surface area contributed by atoms with Gasteiger partial charge >= 0.3 is 0 Å². The topological polar surface area (TPSA) is 26.3 Å². The lowest BCUT2D eigenvalue weighted by Gasteiger charge is -2.32. The van der Waals surface area contributed by atoms with Gasteiger partial charge in [0.05, 0.1) is 0 Å². The summed E-state index contributed by atoms with van der Waals surface area (Å²) < 4.78 is 5.65. The van der Waals surface area contributed by atoms with E-state index in [1.54, 1.807) is 0 Å². The zero-order chi connectivity index (χ0) is 20.9. The highest BCUT2D eigenvalue weighted by Crippen LogP contribution is 2.63. The number of rotatable bonds is 14. The Labute approximate surface area is 176 Å². The molecule has 0 saturated heterocycles. The second-order valence-electron chi connectivity index (χ2n) is 10.1. The first-order valence-electron chi connectivity index (χ1n) is 12.5. The Kier molecular flexibility index (Phi) is 12.6. The fraction of sp³-hybridized carbons (Fsp3) is 0.962. The van der Waals surface area contributed by atoms with Crippen molar-refractivity contribution in [2.75, 3.05) is 13.2 Å². The highest BCUT2D eigenvalue weighted by atomic mass is 16.5. The molecule has 2 unspecified atom stereocenters. The monoisotopic (exact) mass is 394 g/mol. The quantitative estimate of drug-likeness (QED) is 0.278. The number of hydrogen-bond donors (Lipinski definition) is 0. The van der Waals surface area contributed by atoms with Crippen LogP contribution in [0.25, 0.3) is 0 Å². The van der Waals surface area contributed by atoms with Crippen LogP contribution in [0.1, 0.15) is 131 Å². The van der Waals surface area contributed by atoms with E-state index >= 15 is 0 Å². The Morgan fingerprint density at radius 2 is 1.25 bits per heavy atom. The van der Waals surface area contributed by atoms with Crippen molar-refractivity contribution in [1.29, 1.82) is 0 Å². The third-order valence-corrected chi connectivity index (χ3v) is 7.77. The minimum Gasteiger partial charge on any atom is -0.381 e. The fourth-order valence-electron chi connectivity index (χ4n) is 4.97. The Bertz CT molecular complexity index is 401. The molecule has 2 saturated carbocycles. The van der Waals surface area contributed by atoms with Crippen molar-refractivity contribution in [1.82, 2.24) is 0 Å². The summed E-state index contributed by atoms with van der Waals surface area (Å²) in [5, 5.41) is 0. The summed E-state index contributed by atoms with van der Waals surface area (Å²) in [7, 11) is 0. The lowest BCUT2D eigenvalue weighted by molar-refractivity contribution is -0.128. The van der Waals surface area contributed by atoms with Crippen LogP contribution in [-0.4, -0.2) is 19.0 Å². The molecule has 0 amide bonds. The summed E-state index contributed by atoms with van der Waals surface area (Å²) >= 11 is 0. The van der Waals surface area contributed by atoms with E-state index in [2.05, 4.69) is 34.6 Å². The number of ketones is 1. The van der Waals surface area contributed by atoms with Crippen molar-refractivity contribution in [3.8, 4) is 0 Å². The first-order valence-corrected chi connectivity index (χ1v) is 12.5. The van der Waals surface area contributed by atoms with Crippen LogP contribution >= 0.6 is 0 Å². The van der Waals surface area contributed by atoms with Gasteiger partial charge in [-0.1, -0.05) is 98.8 Å². The number of carbonyl (C=O) groups excluding carboxylic acids is 1. The Balaban J connectivity index is 0.000000302. The first kappa shape index (κ1) is 25.7. The van der Waals surface area contributed by atoms with Crippen molar-refractivity contribution in [3.05, 3.63) is 0 Å².